The lowest BCUT2D eigenvalue weighted by Gasteiger charge is -2.44. The van der Waals surface area contributed by atoms with Gasteiger partial charge in [0.2, 0.25) is 5.91 Å². The number of unbranched alkanes of at least 4 members (excludes halogenated alkanes) is 3. The van der Waals surface area contributed by atoms with Crippen molar-refractivity contribution in [3.8, 4) is 5.75 Å². The van der Waals surface area contributed by atoms with Crippen LogP contribution >= 0.6 is 0 Å². The van der Waals surface area contributed by atoms with E-state index in [4.69, 9.17) is 4.74 Å². The van der Waals surface area contributed by atoms with Crippen molar-refractivity contribution in [1.82, 2.24) is 9.80 Å². The molecule has 0 N–H and O–H groups in total. The summed E-state index contributed by atoms with van der Waals surface area (Å²) in [5.41, 5.74) is 3.08. The number of aryl methyl sites for hydroxylation is 1. The number of rotatable bonds is 10. The first-order valence-electron chi connectivity index (χ1n) is 13.4. The summed E-state index contributed by atoms with van der Waals surface area (Å²) < 4.78 is 5.92. The number of benzene rings is 2. The minimum Gasteiger partial charge on any atom is -0.494 e. The van der Waals surface area contributed by atoms with Crippen molar-refractivity contribution < 1.29 is 14.3 Å². The minimum atomic E-state index is -0.599. The average Bonchev–Trinajstić information content (AvgIpc) is 2.88. The van der Waals surface area contributed by atoms with E-state index in [-0.39, 0.29) is 24.4 Å². The minimum absolute atomic E-state index is 0.0250. The van der Waals surface area contributed by atoms with Gasteiger partial charge in [0, 0.05) is 12.6 Å². The molecule has 1 unspecified atom stereocenters. The highest BCUT2D eigenvalue weighted by molar-refractivity contribution is 5.95. The SMILES string of the molecule is CCCCCCOc1ccc(C2C(=O)N(C3CCCCC3)CC(=O)N2Cc2ccc(C)cc2)cc1. The van der Waals surface area contributed by atoms with Gasteiger partial charge < -0.3 is 14.5 Å². The fraction of sp³-hybridized carbons (Fsp3) is 0.533. The van der Waals surface area contributed by atoms with E-state index in [2.05, 4.69) is 26.0 Å². The molecule has 2 aliphatic rings. The summed E-state index contributed by atoms with van der Waals surface area (Å²) >= 11 is 0. The molecule has 2 amide bonds. The lowest BCUT2D eigenvalue weighted by atomic mass is 9.91. The van der Waals surface area contributed by atoms with E-state index in [0.717, 1.165) is 49.0 Å². The summed E-state index contributed by atoms with van der Waals surface area (Å²) in [7, 11) is 0. The Morgan fingerprint density at radius 3 is 2.29 bits per heavy atom. The van der Waals surface area contributed by atoms with Gasteiger partial charge in [-0.05, 0) is 49.4 Å². The number of hydrogen-bond acceptors (Lipinski definition) is 3. The molecule has 0 bridgehead atoms. The maximum absolute atomic E-state index is 13.9. The van der Waals surface area contributed by atoms with Crippen LogP contribution in [0.2, 0.25) is 0 Å². The van der Waals surface area contributed by atoms with Crippen LogP contribution < -0.4 is 4.74 Å². The van der Waals surface area contributed by atoms with Gasteiger partial charge in [0.1, 0.15) is 18.3 Å². The van der Waals surface area contributed by atoms with E-state index in [1.165, 1.54) is 31.2 Å². The Bertz CT molecular complexity index is 964. The molecule has 1 saturated heterocycles. The van der Waals surface area contributed by atoms with Gasteiger partial charge >= 0.3 is 0 Å². The number of nitrogens with zero attached hydrogens (tertiary/aromatic N) is 2. The smallest absolute Gasteiger partial charge is 0.250 e. The van der Waals surface area contributed by atoms with Crippen molar-refractivity contribution in [2.75, 3.05) is 13.2 Å². The number of piperazine rings is 1. The van der Waals surface area contributed by atoms with Crippen LogP contribution in [0.1, 0.15) is 87.4 Å². The standard InChI is InChI=1S/C30H40N2O3/c1-3-4-5-9-20-35-27-18-16-25(17-19-27)29-30(34)31(26-10-7-6-8-11-26)22-28(33)32(29)21-24-14-12-23(2)13-15-24/h12-19,26,29H,3-11,20-22H2,1-2H3. The summed E-state index contributed by atoms with van der Waals surface area (Å²) in [5.74, 6) is 0.892. The molecule has 1 heterocycles. The van der Waals surface area contributed by atoms with Crippen LogP contribution in [-0.2, 0) is 16.1 Å². The van der Waals surface area contributed by atoms with Crippen LogP contribution in [0.4, 0.5) is 0 Å². The Morgan fingerprint density at radius 1 is 0.886 bits per heavy atom. The zero-order valence-electron chi connectivity index (χ0n) is 21.4. The van der Waals surface area contributed by atoms with Crippen molar-refractivity contribution in [3.05, 3.63) is 65.2 Å². The summed E-state index contributed by atoms with van der Waals surface area (Å²) in [5, 5.41) is 0. The van der Waals surface area contributed by atoms with Crippen LogP contribution in [0.3, 0.4) is 0 Å². The molecule has 0 radical (unpaired) electrons. The van der Waals surface area contributed by atoms with Gasteiger partial charge in [-0.2, -0.15) is 0 Å². The van der Waals surface area contributed by atoms with E-state index in [9.17, 15) is 9.59 Å². The van der Waals surface area contributed by atoms with E-state index < -0.39 is 6.04 Å². The maximum atomic E-state index is 13.9. The molecular weight excluding hydrogens is 436 g/mol. The Labute approximate surface area is 210 Å². The van der Waals surface area contributed by atoms with Crippen LogP contribution in [0.15, 0.2) is 48.5 Å². The molecule has 4 rings (SSSR count). The molecular formula is C30H40N2O3. The summed E-state index contributed by atoms with van der Waals surface area (Å²) in [6.45, 7) is 5.58. The van der Waals surface area contributed by atoms with Crippen LogP contribution in [0, 0.1) is 6.92 Å². The van der Waals surface area contributed by atoms with Crippen molar-refractivity contribution in [3.63, 3.8) is 0 Å². The van der Waals surface area contributed by atoms with Crippen LogP contribution in [0.25, 0.3) is 0 Å². The quantitative estimate of drug-likeness (QED) is 0.384. The third-order valence-corrected chi connectivity index (χ3v) is 7.41. The van der Waals surface area contributed by atoms with E-state index >= 15 is 0 Å². The van der Waals surface area contributed by atoms with E-state index in [1.54, 1.807) is 4.90 Å². The topological polar surface area (TPSA) is 49.9 Å². The number of carbonyl (C=O) groups is 2. The fourth-order valence-corrected chi connectivity index (χ4v) is 5.31. The molecule has 0 spiro atoms. The lowest BCUT2D eigenvalue weighted by molar-refractivity contribution is -0.160. The molecule has 5 heteroatoms. The third kappa shape index (κ3) is 6.45. The zero-order valence-corrected chi connectivity index (χ0v) is 21.4. The normalized spacial score (nSPS) is 19.3. The van der Waals surface area contributed by atoms with Crippen molar-refractivity contribution in [2.45, 2.75) is 90.3 Å². The first-order chi connectivity index (χ1) is 17.1. The first kappa shape index (κ1) is 25.3. The lowest BCUT2D eigenvalue weighted by Crippen LogP contribution is -2.58. The van der Waals surface area contributed by atoms with Crippen LogP contribution in [-0.4, -0.2) is 40.8 Å². The van der Waals surface area contributed by atoms with Crippen molar-refractivity contribution in [2.24, 2.45) is 0 Å². The maximum Gasteiger partial charge on any atom is 0.250 e. The zero-order chi connectivity index (χ0) is 24.6. The summed E-state index contributed by atoms with van der Waals surface area (Å²) in [6.07, 6.45) is 10.1. The van der Waals surface area contributed by atoms with E-state index in [0.29, 0.717) is 13.2 Å². The first-order valence-corrected chi connectivity index (χ1v) is 13.4. The van der Waals surface area contributed by atoms with Gasteiger partial charge in [0.25, 0.3) is 5.91 Å². The summed E-state index contributed by atoms with van der Waals surface area (Å²) in [4.78, 5) is 31.0. The molecule has 188 valence electrons. The van der Waals surface area contributed by atoms with Crippen molar-refractivity contribution in [1.29, 1.82) is 0 Å². The molecule has 1 aliphatic carbocycles. The molecule has 35 heavy (non-hydrogen) atoms. The molecule has 1 aliphatic heterocycles. The molecule has 2 aromatic carbocycles. The Balaban J connectivity index is 1.54. The highest BCUT2D eigenvalue weighted by Gasteiger charge is 2.42. The fourth-order valence-electron chi connectivity index (χ4n) is 5.31. The van der Waals surface area contributed by atoms with Gasteiger partial charge in [-0.3, -0.25) is 9.59 Å². The Kier molecular flexibility index (Phi) is 8.84. The average molecular weight is 477 g/mol. The van der Waals surface area contributed by atoms with Gasteiger partial charge in [-0.25, -0.2) is 0 Å². The van der Waals surface area contributed by atoms with Gasteiger partial charge in [-0.1, -0.05) is 87.4 Å². The second-order valence-corrected chi connectivity index (χ2v) is 10.1. The Morgan fingerprint density at radius 2 is 1.60 bits per heavy atom. The van der Waals surface area contributed by atoms with Gasteiger partial charge in [0.05, 0.1) is 6.61 Å². The molecule has 2 fully saturated rings. The monoisotopic (exact) mass is 476 g/mol. The number of ether oxygens (including phenoxy) is 1. The number of amides is 2. The Hall–Kier alpha value is -2.82. The number of carbonyl (C=O) groups excluding carboxylic acids is 2. The second kappa shape index (κ2) is 12.2. The number of hydrogen-bond donors (Lipinski definition) is 0. The molecule has 0 aromatic heterocycles. The van der Waals surface area contributed by atoms with Crippen LogP contribution in [0.5, 0.6) is 5.75 Å². The summed E-state index contributed by atoms with van der Waals surface area (Å²) in [6, 6.07) is 15.6. The largest absolute Gasteiger partial charge is 0.494 e. The molecule has 5 nitrogen and oxygen atoms in total. The molecule has 1 atom stereocenters. The van der Waals surface area contributed by atoms with Gasteiger partial charge in [-0.15, -0.1) is 0 Å². The highest BCUT2D eigenvalue weighted by Crippen LogP contribution is 2.34. The predicted octanol–water partition coefficient (Wildman–Crippen LogP) is 6.20. The van der Waals surface area contributed by atoms with Gasteiger partial charge in [0.15, 0.2) is 0 Å². The highest BCUT2D eigenvalue weighted by atomic mass is 16.5. The molecule has 2 aromatic rings. The predicted molar refractivity (Wildman–Crippen MR) is 139 cm³/mol. The molecule has 1 saturated carbocycles. The van der Waals surface area contributed by atoms with Crippen molar-refractivity contribution >= 4 is 11.8 Å². The third-order valence-electron chi connectivity index (χ3n) is 7.41. The second-order valence-electron chi connectivity index (χ2n) is 10.1. The van der Waals surface area contributed by atoms with E-state index in [1.807, 2.05) is 41.3 Å².